The summed E-state index contributed by atoms with van der Waals surface area (Å²) >= 11 is 0. The maximum Gasteiger partial charge on any atom is 0.352 e. The van der Waals surface area contributed by atoms with Crippen LogP contribution < -0.4 is 0 Å². The molecule has 0 aromatic heterocycles. The molecule has 1 rings (SSSR count). The largest absolute Gasteiger partial charge is 0.352 e. The van der Waals surface area contributed by atoms with E-state index in [1.54, 1.807) is 93.5 Å². The third kappa shape index (κ3) is 6.60. The van der Waals surface area contributed by atoms with Gasteiger partial charge in [-0.15, -0.1) is 0 Å². The highest BCUT2D eigenvalue weighted by Crippen LogP contribution is 2.30. The van der Waals surface area contributed by atoms with Crippen molar-refractivity contribution in [2.24, 2.45) is 0 Å². The van der Waals surface area contributed by atoms with E-state index in [9.17, 15) is 9.59 Å². The fourth-order valence-corrected chi connectivity index (χ4v) is 2.07. The Balaban J connectivity index is 2.94. The van der Waals surface area contributed by atoms with Gasteiger partial charge in [-0.3, -0.25) is 9.78 Å². The topological polar surface area (TPSA) is 71.1 Å². The van der Waals surface area contributed by atoms with Crippen molar-refractivity contribution in [3.8, 4) is 0 Å². The number of hydrogen-bond acceptors (Lipinski definition) is 6. The molecule has 0 spiro atoms. The SMILES string of the molecule is CC(C)(C)OOC(=O)C(C)(C)c1ccc(C(C)(C)C(=O)OOC(C)(C)C)cc1. The van der Waals surface area contributed by atoms with Gasteiger partial charge in [0.1, 0.15) is 11.2 Å². The summed E-state index contributed by atoms with van der Waals surface area (Å²) in [5.74, 6) is -0.986. The zero-order valence-electron chi connectivity index (χ0n) is 18.8. The fraction of sp³-hybridized carbons (Fsp3) is 0.636. The van der Waals surface area contributed by atoms with Crippen molar-refractivity contribution in [3.05, 3.63) is 35.4 Å². The van der Waals surface area contributed by atoms with E-state index in [0.29, 0.717) is 0 Å². The highest BCUT2D eigenvalue weighted by atomic mass is 17.2. The second-order valence-corrected chi connectivity index (χ2v) is 9.96. The lowest BCUT2D eigenvalue weighted by atomic mass is 9.80. The molecular weight excluding hydrogens is 360 g/mol. The van der Waals surface area contributed by atoms with Gasteiger partial charge < -0.3 is 0 Å². The van der Waals surface area contributed by atoms with E-state index in [1.807, 2.05) is 0 Å². The average molecular weight is 395 g/mol. The molecule has 0 saturated heterocycles. The van der Waals surface area contributed by atoms with Crippen LogP contribution in [-0.4, -0.2) is 23.1 Å². The minimum absolute atomic E-state index is 0.493. The summed E-state index contributed by atoms with van der Waals surface area (Å²) in [6, 6.07) is 7.20. The van der Waals surface area contributed by atoms with Crippen molar-refractivity contribution < 1.29 is 29.1 Å². The van der Waals surface area contributed by atoms with Crippen LogP contribution in [0.15, 0.2) is 24.3 Å². The third-order valence-corrected chi connectivity index (χ3v) is 4.08. The van der Waals surface area contributed by atoms with Gasteiger partial charge in [-0.2, -0.15) is 9.78 Å². The molecule has 0 fully saturated rings. The van der Waals surface area contributed by atoms with Crippen LogP contribution in [-0.2, 0) is 40.0 Å². The molecule has 0 radical (unpaired) electrons. The summed E-state index contributed by atoms with van der Waals surface area (Å²) in [5, 5.41) is 0. The van der Waals surface area contributed by atoms with Crippen LogP contribution in [0.5, 0.6) is 0 Å². The molecular formula is C22H34O6. The molecule has 1 aromatic rings. The standard InChI is InChI=1S/C22H34O6/c1-19(2,3)27-25-17(23)21(7,8)15-11-13-16(14-12-15)22(9,10)18(24)26-28-20(4,5)6/h11-14H,1-10H3. The minimum Gasteiger partial charge on any atom is -0.297 e. The maximum absolute atomic E-state index is 12.4. The summed E-state index contributed by atoms with van der Waals surface area (Å²) in [5.41, 5.74) is -1.51. The molecule has 0 amide bonds. The Bertz CT molecular complexity index is 626. The first-order chi connectivity index (χ1) is 12.5. The molecule has 0 saturated carbocycles. The van der Waals surface area contributed by atoms with E-state index in [0.717, 1.165) is 11.1 Å². The number of hydrogen-bond donors (Lipinski definition) is 0. The van der Waals surface area contributed by atoms with Crippen LogP contribution in [0.4, 0.5) is 0 Å². The summed E-state index contributed by atoms with van der Waals surface area (Å²) < 4.78 is 0. The quantitative estimate of drug-likeness (QED) is 0.510. The molecule has 0 aliphatic heterocycles. The fourth-order valence-electron chi connectivity index (χ4n) is 2.07. The van der Waals surface area contributed by atoms with E-state index in [1.165, 1.54) is 0 Å². The summed E-state index contributed by atoms with van der Waals surface area (Å²) in [6.07, 6.45) is 0. The molecule has 0 atom stereocenters. The molecule has 28 heavy (non-hydrogen) atoms. The second-order valence-electron chi connectivity index (χ2n) is 9.96. The van der Waals surface area contributed by atoms with Crippen LogP contribution in [0.3, 0.4) is 0 Å². The Morgan fingerprint density at radius 3 is 1.04 bits per heavy atom. The number of carbonyl (C=O) groups is 2. The Kier molecular flexibility index (Phi) is 7.07. The number of rotatable bonds is 6. The second kappa shape index (κ2) is 8.21. The Labute approximate surface area is 168 Å². The van der Waals surface area contributed by atoms with Crippen molar-refractivity contribution in [2.75, 3.05) is 0 Å². The van der Waals surface area contributed by atoms with Crippen molar-refractivity contribution in [1.29, 1.82) is 0 Å². The van der Waals surface area contributed by atoms with Crippen LogP contribution in [0.1, 0.15) is 80.4 Å². The first kappa shape index (κ1) is 24.1. The van der Waals surface area contributed by atoms with Crippen molar-refractivity contribution in [2.45, 2.75) is 91.3 Å². The molecule has 0 aliphatic carbocycles. The highest BCUT2D eigenvalue weighted by molar-refractivity contribution is 5.83. The molecule has 6 nitrogen and oxygen atoms in total. The van der Waals surface area contributed by atoms with Gasteiger partial charge in [-0.25, -0.2) is 9.59 Å². The molecule has 6 heteroatoms. The maximum atomic E-state index is 12.4. The third-order valence-electron chi connectivity index (χ3n) is 4.08. The molecule has 0 heterocycles. The first-order valence-electron chi connectivity index (χ1n) is 9.38. The van der Waals surface area contributed by atoms with Gasteiger partial charge in [-0.05, 0) is 80.4 Å². The van der Waals surface area contributed by atoms with Gasteiger partial charge in [0.05, 0.1) is 10.8 Å². The van der Waals surface area contributed by atoms with Crippen molar-refractivity contribution >= 4 is 11.9 Å². The van der Waals surface area contributed by atoms with Gasteiger partial charge in [0.25, 0.3) is 0 Å². The van der Waals surface area contributed by atoms with Crippen LogP contribution >= 0.6 is 0 Å². The summed E-state index contributed by atoms with van der Waals surface area (Å²) in [7, 11) is 0. The molecule has 158 valence electrons. The normalized spacial score (nSPS) is 13.2. The molecule has 0 bridgehead atoms. The molecule has 0 aliphatic rings. The predicted molar refractivity (Wildman–Crippen MR) is 106 cm³/mol. The Hall–Kier alpha value is -1.92. The smallest absolute Gasteiger partial charge is 0.297 e. The lowest BCUT2D eigenvalue weighted by Crippen LogP contribution is -2.35. The zero-order valence-corrected chi connectivity index (χ0v) is 18.8. The number of carbonyl (C=O) groups excluding carboxylic acids is 2. The van der Waals surface area contributed by atoms with Gasteiger partial charge in [0.15, 0.2) is 0 Å². The molecule has 0 N–H and O–H groups in total. The minimum atomic E-state index is -0.913. The summed E-state index contributed by atoms with van der Waals surface area (Å²) in [6.45, 7) is 17.8. The Morgan fingerprint density at radius 1 is 0.571 bits per heavy atom. The predicted octanol–water partition coefficient (Wildman–Crippen LogP) is 4.79. The van der Waals surface area contributed by atoms with Crippen molar-refractivity contribution in [1.82, 2.24) is 0 Å². The van der Waals surface area contributed by atoms with Crippen LogP contribution in [0.2, 0.25) is 0 Å². The average Bonchev–Trinajstić information content (AvgIpc) is 2.56. The van der Waals surface area contributed by atoms with E-state index in [-0.39, 0.29) is 0 Å². The molecule has 1 aromatic carbocycles. The van der Waals surface area contributed by atoms with E-state index >= 15 is 0 Å². The highest BCUT2D eigenvalue weighted by Gasteiger charge is 2.36. The van der Waals surface area contributed by atoms with Crippen LogP contribution in [0.25, 0.3) is 0 Å². The Morgan fingerprint density at radius 2 is 0.821 bits per heavy atom. The van der Waals surface area contributed by atoms with Crippen molar-refractivity contribution in [3.63, 3.8) is 0 Å². The van der Waals surface area contributed by atoms with Gasteiger partial charge >= 0.3 is 11.9 Å². The lowest BCUT2D eigenvalue weighted by Gasteiger charge is -2.27. The first-order valence-corrected chi connectivity index (χ1v) is 9.38. The van der Waals surface area contributed by atoms with E-state index < -0.39 is 34.0 Å². The summed E-state index contributed by atoms with van der Waals surface area (Å²) in [4.78, 5) is 45.2. The molecule has 0 unspecified atom stereocenters. The van der Waals surface area contributed by atoms with E-state index in [2.05, 4.69) is 0 Å². The monoisotopic (exact) mass is 394 g/mol. The van der Waals surface area contributed by atoms with Gasteiger partial charge in [0, 0.05) is 0 Å². The van der Waals surface area contributed by atoms with Gasteiger partial charge in [-0.1, -0.05) is 24.3 Å². The zero-order chi connectivity index (χ0) is 22.0. The van der Waals surface area contributed by atoms with E-state index in [4.69, 9.17) is 19.6 Å². The van der Waals surface area contributed by atoms with Gasteiger partial charge in [0.2, 0.25) is 0 Å². The number of benzene rings is 1. The van der Waals surface area contributed by atoms with Crippen LogP contribution in [0, 0.1) is 0 Å². The lowest BCUT2D eigenvalue weighted by molar-refractivity contribution is -0.323.